The van der Waals surface area contributed by atoms with Crippen LogP contribution in [0.4, 0.5) is 0 Å². The molecule has 0 saturated carbocycles. The summed E-state index contributed by atoms with van der Waals surface area (Å²) in [5.74, 6) is 1.59. The van der Waals surface area contributed by atoms with Gasteiger partial charge in [0.05, 0.1) is 5.69 Å². The fourth-order valence-electron chi connectivity index (χ4n) is 2.54. The van der Waals surface area contributed by atoms with Crippen molar-refractivity contribution in [1.29, 1.82) is 0 Å². The molecule has 2 heterocycles. The molecule has 90 valence electrons. The van der Waals surface area contributed by atoms with Crippen LogP contribution in [0.2, 0.25) is 0 Å². The van der Waals surface area contributed by atoms with Crippen molar-refractivity contribution in [2.75, 3.05) is 13.1 Å². The lowest BCUT2D eigenvalue weighted by atomic mass is 10.1. The van der Waals surface area contributed by atoms with Gasteiger partial charge in [-0.2, -0.15) is 0 Å². The van der Waals surface area contributed by atoms with Gasteiger partial charge in [-0.25, -0.2) is 0 Å². The third kappa shape index (κ3) is 2.13. The Labute approximate surface area is 96.8 Å². The van der Waals surface area contributed by atoms with Crippen LogP contribution >= 0.6 is 0 Å². The largest absolute Gasteiger partial charge is 0.361 e. The Balaban J connectivity index is 2.05. The van der Waals surface area contributed by atoms with Crippen molar-refractivity contribution in [2.45, 2.75) is 39.8 Å². The Hall–Kier alpha value is -0.870. The SMILES string of the molecule is Cc1noc(C)c1CN1CC(CN)CC1C. The molecule has 1 saturated heterocycles. The van der Waals surface area contributed by atoms with Crippen LogP contribution < -0.4 is 5.73 Å². The third-order valence-corrected chi connectivity index (χ3v) is 3.67. The summed E-state index contributed by atoms with van der Waals surface area (Å²) in [7, 11) is 0. The standard InChI is InChI=1S/C12H21N3O/c1-8-4-11(5-13)6-15(8)7-12-9(2)14-16-10(12)3/h8,11H,4-7,13H2,1-3H3. The topological polar surface area (TPSA) is 55.3 Å². The first-order chi connectivity index (χ1) is 7.61. The van der Waals surface area contributed by atoms with Gasteiger partial charge in [0, 0.05) is 24.7 Å². The first kappa shape index (κ1) is 11.6. The normalized spacial score (nSPS) is 26.5. The molecule has 2 N–H and O–H groups in total. The molecule has 0 aromatic carbocycles. The van der Waals surface area contributed by atoms with Gasteiger partial charge < -0.3 is 10.3 Å². The average molecular weight is 223 g/mol. The van der Waals surface area contributed by atoms with Crippen molar-refractivity contribution < 1.29 is 4.52 Å². The van der Waals surface area contributed by atoms with Gasteiger partial charge in [0.1, 0.15) is 5.76 Å². The second-order valence-electron chi connectivity index (χ2n) is 4.92. The van der Waals surface area contributed by atoms with Gasteiger partial charge in [0.2, 0.25) is 0 Å². The minimum atomic E-state index is 0.613. The van der Waals surface area contributed by atoms with Crippen LogP contribution in [0.25, 0.3) is 0 Å². The van der Waals surface area contributed by atoms with E-state index >= 15 is 0 Å². The first-order valence-corrected chi connectivity index (χ1v) is 5.97. The Morgan fingerprint density at radius 1 is 1.50 bits per heavy atom. The smallest absolute Gasteiger partial charge is 0.138 e. The Morgan fingerprint density at radius 2 is 2.25 bits per heavy atom. The average Bonchev–Trinajstić information content (AvgIpc) is 2.76. The fourth-order valence-corrected chi connectivity index (χ4v) is 2.54. The molecule has 4 heteroatoms. The highest BCUT2D eigenvalue weighted by molar-refractivity contribution is 5.20. The molecule has 1 aromatic heterocycles. The molecule has 1 aliphatic heterocycles. The van der Waals surface area contributed by atoms with Gasteiger partial charge in [-0.1, -0.05) is 5.16 Å². The summed E-state index contributed by atoms with van der Waals surface area (Å²) in [5, 5.41) is 4.00. The molecule has 0 radical (unpaired) electrons. The number of aromatic nitrogens is 1. The van der Waals surface area contributed by atoms with Gasteiger partial charge >= 0.3 is 0 Å². The number of hydrogen-bond acceptors (Lipinski definition) is 4. The Bertz CT molecular complexity index is 342. The van der Waals surface area contributed by atoms with Crippen molar-refractivity contribution in [1.82, 2.24) is 10.1 Å². The van der Waals surface area contributed by atoms with E-state index in [1.165, 1.54) is 12.0 Å². The molecule has 16 heavy (non-hydrogen) atoms. The number of nitrogens with zero attached hydrogens (tertiary/aromatic N) is 2. The van der Waals surface area contributed by atoms with E-state index in [-0.39, 0.29) is 0 Å². The minimum Gasteiger partial charge on any atom is -0.361 e. The molecule has 1 fully saturated rings. The molecule has 0 aliphatic carbocycles. The number of hydrogen-bond donors (Lipinski definition) is 1. The molecular weight excluding hydrogens is 202 g/mol. The summed E-state index contributed by atoms with van der Waals surface area (Å²) < 4.78 is 5.19. The molecule has 4 nitrogen and oxygen atoms in total. The fraction of sp³-hybridized carbons (Fsp3) is 0.750. The van der Waals surface area contributed by atoms with Gasteiger partial charge in [-0.05, 0) is 39.7 Å². The van der Waals surface area contributed by atoms with E-state index in [9.17, 15) is 0 Å². The molecule has 1 aromatic rings. The highest BCUT2D eigenvalue weighted by Gasteiger charge is 2.29. The molecule has 0 spiro atoms. The van der Waals surface area contributed by atoms with E-state index in [2.05, 4.69) is 17.0 Å². The number of rotatable bonds is 3. The summed E-state index contributed by atoms with van der Waals surface area (Å²) in [6.45, 7) is 9.10. The van der Waals surface area contributed by atoms with E-state index < -0.39 is 0 Å². The van der Waals surface area contributed by atoms with Crippen molar-refractivity contribution >= 4 is 0 Å². The summed E-state index contributed by atoms with van der Waals surface area (Å²) >= 11 is 0. The number of aryl methyl sites for hydroxylation is 2. The summed E-state index contributed by atoms with van der Waals surface area (Å²) in [4.78, 5) is 2.48. The van der Waals surface area contributed by atoms with Crippen molar-refractivity contribution in [3.63, 3.8) is 0 Å². The van der Waals surface area contributed by atoms with Gasteiger partial charge in [-0.3, -0.25) is 4.90 Å². The van der Waals surface area contributed by atoms with Crippen LogP contribution in [0.3, 0.4) is 0 Å². The van der Waals surface area contributed by atoms with Crippen molar-refractivity contribution in [3.8, 4) is 0 Å². The van der Waals surface area contributed by atoms with E-state index in [1.807, 2.05) is 13.8 Å². The van der Waals surface area contributed by atoms with E-state index in [0.29, 0.717) is 12.0 Å². The highest BCUT2D eigenvalue weighted by Crippen LogP contribution is 2.25. The van der Waals surface area contributed by atoms with Crippen molar-refractivity contribution in [3.05, 3.63) is 17.0 Å². The van der Waals surface area contributed by atoms with Crippen LogP contribution in [-0.4, -0.2) is 29.2 Å². The predicted molar refractivity (Wildman–Crippen MR) is 63.0 cm³/mol. The third-order valence-electron chi connectivity index (χ3n) is 3.67. The zero-order valence-corrected chi connectivity index (χ0v) is 10.4. The van der Waals surface area contributed by atoms with E-state index in [0.717, 1.165) is 31.1 Å². The van der Waals surface area contributed by atoms with E-state index in [1.54, 1.807) is 0 Å². The van der Waals surface area contributed by atoms with Crippen LogP contribution in [0.5, 0.6) is 0 Å². The quantitative estimate of drug-likeness (QED) is 0.843. The van der Waals surface area contributed by atoms with Gasteiger partial charge in [0.15, 0.2) is 0 Å². The second kappa shape index (κ2) is 4.55. The maximum absolute atomic E-state index is 5.73. The van der Waals surface area contributed by atoms with Gasteiger partial charge in [0.25, 0.3) is 0 Å². The lowest BCUT2D eigenvalue weighted by Gasteiger charge is -2.20. The van der Waals surface area contributed by atoms with Crippen LogP contribution in [0, 0.1) is 19.8 Å². The van der Waals surface area contributed by atoms with E-state index in [4.69, 9.17) is 10.3 Å². The maximum Gasteiger partial charge on any atom is 0.138 e. The minimum absolute atomic E-state index is 0.613. The molecule has 2 rings (SSSR count). The molecule has 0 amide bonds. The lowest BCUT2D eigenvalue weighted by molar-refractivity contribution is 0.253. The zero-order valence-electron chi connectivity index (χ0n) is 10.4. The Kier molecular flexibility index (Phi) is 3.30. The van der Waals surface area contributed by atoms with Gasteiger partial charge in [-0.15, -0.1) is 0 Å². The van der Waals surface area contributed by atoms with Crippen LogP contribution in [0.15, 0.2) is 4.52 Å². The number of nitrogens with two attached hydrogens (primary N) is 1. The summed E-state index contributed by atoms with van der Waals surface area (Å²) in [5.41, 5.74) is 7.99. The second-order valence-corrected chi connectivity index (χ2v) is 4.92. The summed E-state index contributed by atoms with van der Waals surface area (Å²) in [6.07, 6.45) is 1.21. The zero-order chi connectivity index (χ0) is 11.7. The molecule has 2 unspecified atom stereocenters. The van der Waals surface area contributed by atoms with Crippen LogP contribution in [-0.2, 0) is 6.54 Å². The molecule has 2 atom stereocenters. The first-order valence-electron chi connectivity index (χ1n) is 5.97. The number of likely N-dealkylation sites (tertiary alicyclic amines) is 1. The van der Waals surface area contributed by atoms with Crippen LogP contribution in [0.1, 0.15) is 30.4 Å². The molecule has 1 aliphatic rings. The lowest BCUT2D eigenvalue weighted by Crippen LogP contribution is -2.27. The highest BCUT2D eigenvalue weighted by atomic mass is 16.5. The maximum atomic E-state index is 5.73. The molecular formula is C12H21N3O. The predicted octanol–water partition coefficient (Wildman–Crippen LogP) is 1.46. The monoisotopic (exact) mass is 223 g/mol. The Morgan fingerprint density at radius 3 is 2.75 bits per heavy atom. The summed E-state index contributed by atoms with van der Waals surface area (Å²) in [6, 6.07) is 0.613. The van der Waals surface area contributed by atoms with Crippen molar-refractivity contribution in [2.24, 2.45) is 11.7 Å². The molecule has 0 bridgehead atoms.